The smallest absolute Gasteiger partial charge is 0.321 e. The Balaban J connectivity index is 2.72. The van der Waals surface area contributed by atoms with Crippen LogP contribution in [0.4, 0.5) is 0 Å². The van der Waals surface area contributed by atoms with E-state index < -0.39 is 7.60 Å². The van der Waals surface area contributed by atoms with Crippen molar-refractivity contribution in [3.8, 4) is 0 Å². The maximum absolute atomic E-state index is 11.5. The molecule has 2 aromatic carbocycles. The Kier molecular flexibility index (Phi) is 3.85. The Bertz CT molecular complexity index is 675. The van der Waals surface area contributed by atoms with Crippen molar-refractivity contribution in [2.45, 2.75) is 19.8 Å². The Morgan fingerprint density at radius 2 is 1.79 bits per heavy atom. The predicted molar refractivity (Wildman–Crippen MR) is 77.4 cm³/mol. The van der Waals surface area contributed by atoms with E-state index in [1.165, 1.54) is 6.07 Å². The minimum atomic E-state index is -4.30. The molecule has 0 spiro atoms. The van der Waals surface area contributed by atoms with E-state index >= 15 is 0 Å². The molecule has 0 aliphatic carbocycles. The SMILES string of the molecule is CCCC(=N)c1ccc(P(=O)(O)O)c2ccccc12. The van der Waals surface area contributed by atoms with Crippen LogP contribution in [0.5, 0.6) is 0 Å². The Morgan fingerprint density at radius 3 is 2.37 bits per heavy atom. The van der Waals surface area contributed by atoms with Crippen molar-refractivity contribution in [1.82, 2.24) is 0 Å². The van der Waals surface area contributed by atoms with E-state index in [1.807, 2.05) is 13.0 Å². The molecule has 0 saturated carbocycles. The topological polar surface area (TPSA) is 81.4 Å². The third kappa shape index (κ3) is 2.76. The summed E-state index contributed by atoms with van der Waals surface area (Å²) in [5, 5.41) is 9.31. The third-order valence-corrected chi connectivity index (χ3v) is 4.06. The molecule has 0 aliphatic heterocycles. The van der Waals surface area contributed by atoms with Gasteiger partial charge in [0.2, 0.25) is 0 Å². The van der Waals surface area contributed by atoms with Crippen molar-refractivity contribution in [1.29, 1.82) is 5.41 Å². The zero-order valence-corrected chi connectivity index (χ0v) is 11.5. The van der Waals surface area contributed by atoms with E-state index in [-0.39, 0.29) is 5.30 Å². The first-order chi connectivity index (χ1) is 8.95. The van der Waals surface area contributed by atoms with Gasteiger partial charge in [-0.25, -0.2) is 0 Å². The summed E-state index contributed by atoms with van der Waals surface area (Å²) in [5.41, 5.74) is 1.24. The van der Waals surface area contributed by atoms with Crippen LogP contribution in [0, 0.1) is 5.41 Å². The summed E-state index contributed by atoms with van der Waals surface area (Å²) in [7, 11) is -4.30. The molecule has 0 bridgehead atoms. The molecule has 0 aliphatic rings. The summed E-state index contributed by atoms with van der Waals surface area (Å²) in [5.74, 6) is 0. The van der Waals surface area contributed by atoms with Gasteiger partial charge in [0, 0.05) is 11.3 Å². The molecule has 0 heterocycles. The Labute approximate surface area is 111 Å². The van der Waals surface area contributed by atoms with Crippen LogP contribution in [0.3, 0.4) is 0 Å². The van der Waals surface area contributed by atoms with Gasteiger partial charge in [-0.2, -0.15) is 0 Å². The molecule has 0 saturated heterocycles. The fraction of sp³-hybridized carbons (Fsp3) is 0.214. The quantitative estimate of drug-likeness (QED) is 0.593. The van der Waals surface area contributed by atoms with Gasteiger partial charge in [0.15, 0.2) is 0 Å². The molecule has 0 atom stereocenters. The first-order valence-corrected chi connectivity index (χ1v) is 7.72. The number of fused-ring (bicyclic) bond motifs is 1. The maximum Gasteiger partial charge on any atom is 0.356 e. The van der Waals surface area contributed by atoms with Crippen LogP contribution in [0.25, 0.3) is 10.8 Å². The lowest BCUT2D eigenvalue weighted by atomic mass is 9.98. The average molecular weight is 277 g/mol. The van der Waals surface area contributed by atoms with Gasteiger partial charge in [-0.05, 0) is 23.3 Å². The molecule has 4 nitrogen and oxygen atoms in total. The standard InChI is InChI=1S/C14H16NO3P/c1-2-5-13(15)11-8-9-14(19(16,17)18)12-7-4-3-6-10(11)12/h3-4,6-9,15H,2,5H2,1H3,(H2,16,17,18). The second-order valence-electron chi connectivity index (χ2n) is 4.45. The second kappa shape index (κ2) is 5.25. The molecule has 2 rings (SSSR count). The maximum atomic E-state index is 11.5. The lowest BCUT2D eigenvalue weighted by Crippen LogP contribution is -2.09. The molecule has 0 unspecified atom stereocenters. The largest absolute Gasteiger partial charge is 0.356 e. The summed E-state index contributed by atoms with van der Waals surface area (Å²) >= 11 is 0. The first kappa shape index (κ1) is 13.9. The fourth-order valence-electron chi connectivity index (χ4n) is 2.18. The highest BCUT2D eigenvalue weighted by Crippen LogP contribution is 2.37. The molecule has 0 fully saturated rings. The first-order valence-electron chi connectivity index (χ1n) is 6.10. The highest BCUT2D eigenvalue weighted by molar-refractivity contribution is 7.60. The molecule has 100 valence electrons. The zero-order chi connectivity index (χ0) is 14.0. The van der Waals surface area contributed by atoms with Crippen LogP contribution >= 0.6 is 7.60 Å². The van der Waals surface area contributed by atoms with E-state index in [9.17, 15) is 14.4 Å². The van der Waals surface area contributed by atoms with Crippen LogP contribution in [0.2, 0.25) is 0 Å². The van der Waals surface area contributed by atoms with E-state index in [1.54, 1.807) is 24.3 Å². The van der Waals surface area contributed by atoms with Gasteiger partial charge >= 0.3 is 7.60 Å². The monoisotopic (exact) mass is 277 g/mol. The van der Waals surface area contributed by atoms with Crippen molar-refractivity contribution >= 4 is 29.4 Å². The Morgan fingerprint density at radius 1 is 1.16 bits per heavy atom. The number of hydrogen-bond donors (Lipinski definition) is 3. The van der Waals surface area contributed by atoms with E-state index in [0.29, 0.717) is 17.5 Å². The van der Waals surface area contributed by atoms with Crippen LogP contribution < -0.4 is 5.30 Å². The van der Waals surface area contributed by atoms with Gasteiger partial charge in [-0.15, -0.1) is 0 Å². The lowest BCUT2D eigenvalue weighted by Gasteiger charge is -2.12. The number of rotatable bonds is 4. The van der Waals surface area contributed by atoms with Gasteiger partial charge in [-0.3, -0.25) is 4.57 Å². The molecule has 19 heavy (non-hydrogen) atoms. The summed E-state index contributed by atoms with van der Waals surface area (Å²) in [6.45, 7) is 2.00. The second-order valence-corrected chi connectivity index (χ2v) is 6.02. The molecule has 0 aromatic heterocycles. The van der Waals surface area contributed by atoms with Crippen molar-refractivity contribution in [2.75, 3.05) is 0 Å². The van der Waals surface area contributed by atoms with Gasteiger partial charge < -0.3 is 15.2 Å². The fourth-order valence-corrected chi connectivity index (χ4v) is 2.96. The van der Waals surface area contributed by atoms with Crippen molar-refractivity contribution < 1.29 is 14.4 Å². The molecular weight excluding hydrogens is 261 g/mol. The number of benzene rings is 2. The van der Waals surface area contributed by atoms with Crippen molar-refractivity contribution in [3.63, 3.8) is 0 Å². The van der Waals surface area contributed by atoms with E-state index in [2.05, 4.69) is 0 Å². The molecule has 3 N–H and O–H groups in total. The van der Waals surface area contributed by atoms with Crippen LogP contribution in [-0.2, 0) is 4.57 Å². The lowest BCUT2D eigenvalue weighted by molar-refractivity contribution is 0.388. The minimum Gasteiger partial charge on any atom is -0.321 e. The number of nitrogens with one attached hydrogen (secondary N) is 1. The Hall–Kier alpha value is -1.48. The highest BCUT2D eigenvalue weighted by Gasteiger charge is 2.21. The summed E-state index contributed by atoms with van der Waals surface area (Å²) in [6.07, 6.45) is 1.52. The minimum absolute atomic E-state index is 0.0242. The van der Waals surface area contributed by atoms with Crippen LogP contribution in [0.15, 0.2) is 36.4 Å². The zero-order valence-electron chi connectivity index (χ0n) is 10.6. The number of hydrogen-bond acceptors (Lipinski definition) is 2. The predicted octanol–water partition coefficient (Wildman–Crippen LogP) is 2.81. The van der Waals surface area contributed by atoms with Gasteiger partial charge in [0.1, 0.15) is 0 Å². The summed E-state index contributed by atoms with van der Waals surface area (Å²) in [6, 6.07) is 10.1. The molecule has 0 amide bonds. The van der Waals surface area contributed by atoms with Gasteiger partial charge in [-0.1, -0.05) is 43.7 Å². The molecular formula is C14H16NO3P. The third-order valence-electron chi connectivity index (χ3n) is 3.04. The molecule has 0 radical (unpaired) electrons. The molecule has 2 aromatic rings. The van der Waals surface area contributed by atoms with E-state index in [0.717, 1.165) is 17.4 Å². The molecule has 5 heteroatoms. The van der Waals surface area contributed by atoms with Gasteiger partial charge in [0.05, 0.1) is 5.30 Å². The summed E-state index contributed by atoms with van der Waals surface area (Å²) in [4.78, 5) is 18.8. The average Bonchev–Trinajstić information content (AvgIpc) is 2.36. The van der Waals surface area contributed by atoms with Crippen molar-refractivity contribution in [3.05, 3.63) is 42.0 Å². The van der Waals surface area contributed by atoms with Crippen molar-refractivity contribution in [2.24, 2.45) is 0 Å². The van der Waals surface area contributed by atoms with Gasteiger partial charge in [0.25, 0.3) is 0 Å². The summed E-state index contributed by atoms with van der Waals surface area (Å²) < 4.78 is 11.5. The van der Waals surface area contributed by atoms with E-state index in [4.69, 9.17) is 5.41 Å². The normalized spacial score (nSPS) is 11.7. The highest BCUT2D eigenvalue weighted by atomic mass is 31.2. The van der Waals surface area contributed by atoms with Crippen LogP contribution in [0.1, 0.15) is 25.3 Å². The van der Waals surface area contributed by atoms with Crippen LogP contribution in [-0.4, -0.2) is 15.5 Å².